The van der Waals surface area contributed by atoms with Crippen LogP contribution in [0.15, 0.2) is 12.1 Å². The highest BCUT2D eigenvalue weighted by atomic mass is 35.5. The molecule has 0 spiro atoms. The normalized spacial score (nSPS) is 10.7. The van der Waals surface area contributed by atoms with Gasteiger partial charge in [0.2, 0.25) is 0 Å². The summed E-state index contributed by atoms with van der Waals surface area (Å²) in [7, 11) is 0. The number of aromatic nitrogens is 1. The molecule has 1 aromatic carbocycles. The minimum Gasteiger partial charge on any atom is -0.300 e. The molecule has 0 aliphatic rings. The number of nitrogens with two attached hydrogens (primary N) is 1. The summed E-state index contributed by atoms with van der Waals surface area (Å²) in [6.45, 7) is 0. The molecule has 3 N–H and O–H groups in total. The lowest BCUT2D eigenvalue weighted by Crippen LogP contribution is -2.05. The van der Waals surface area contributed by atoms with Crippen molar-refractivity contribution in [3.05, 3.63) is 23.0 Å². The highest BCUT2D eigenvalue weighted by Gasteiger charge is 2.09. The van der Waals surface area contributed by atoms with Gasteiger partial charge in [0.05, 0.1) is 15.2 Å². The second-order valence-corrected chi connectivity index (χ2v) is 3.75. The summed E-state index contributed by atoms with van der Waals surface area (Å²) in [6, 6.07) is 2.85. The van der Waals surface area contributed by atoms with Crippen LogP contribution in [0.25, 0.3) is 10.2 Å². The molecule has 6 heteroatoms. The first-order valence-electron chi connectivity index (χ1n) is 3.43. The second-order valence-electron chi connectivity index (χ2n) is 2.37. The number of nitrogen functional groups attached to an aromatic ring is 1. The Morgan fingerprint density at radius 1 is 1.54 bits per heavy atom. The van der Waals surface area contributed by atoms with Crippen molar-refractivity contribution in [2.45, 2.75) is 0 Å². The Bertz CT molecular complexity index is 456. The zero-order chi connectivity index (χ0) is 9.42. The first kappa shape index (κ1) is 8.68. The predicted molar refractivity (Wildman–Crippen MR) is 52.4 cm³/mol. The zero-order valence-corrected chi connectivity index (χ0v) is 7.92. The van der Waals surface area contributed by atoms with Gasteiger partial charge >= 0.3 is 0 Å². The van der Waals surface area contributed by atoms with E-state index in [0.29, 0.717) is 15.3 Å². The quantitative estimate of drug-likeness (QED) is 0.570. The molecule has 0 unspecified atom stereocenters. The van der Waals surface area contributed by atoms with E-state index in [4.69, 9.17) is 17.4 Å². The summed E-state index contributed by atoms with van der Waals surface area (Å²) in [5.41, 5.74) is 3.03. The maximum Gasteiger partial charge on any atom is 0.198 e. The number of fused-ring (bicyclic) bond motifs is 1. The Kier molecular flexibility index (Phi) is 2.07. The van der Waals surface area contributed by atoms with E-state index in [0.717, 1.165) is 0 Å². The fourth-order valence-electron chi connectivity index (χ4n) is 0.998. The lowest BCUT2D eigenvalue weighted by atomic mass is 10.3. The molecule has 2 rings (SSSR count). The fourth-order valence-corrected chi connectivity index (χ4v) is 2.07. The Morgan fingerprint density at radius 2 is 2.31 bits per heavy atom. The lowest BCUT2D eigenvalue weighted by Gasteiger charge is -1.92. The number of thiazole rings is 1. The van der Waals surface area contributed by atoms with Crippen molar-refractivity contribution >= 4 is 38.3 Å². The Labute approximate surface area is 82.3 Å². The van der Waals surface area contributed by atoms with Gasteiger partial charge in [-0.2, -0.15) is 0 Å². The van der Waals surface area contributed by atoms with E-state index in [1.807, 2.05) is 0 Å². The molecule has 0 saturated heterocycles. The third-order valence-corrected chi connectivity index (χ3v) is 3.07. The standard InChI is InChI=1S/C7H5ClFN3S/c8-5-3(9)1-2-4-6(5)13-7(11-4)12-10/h1-2H,10H2,(H,11,12). The molecule has 0 radical (unpaired) electrons. The number of anilines is 1. The second kappa shape index (κ2) is 3.10. The summed E-state index contributed by atoms with van der Waals surface area (Å²) >= 11 is 6.94. The molecule has 0 atom stereocenters. The van der Waals surface area contributed by atoms with Crippen LogP contribution in [0.4, 0.5) is 9.52 Å². The van der Waals surface area contributed by atoms with Crippen LogP contribution in [0.2, 0.25) is 5.02 Å². The van der Waals surface area contributed by atoms with Crippen LogP contribution in [0, 0.1) is 5.82 Å². The SMILES string of the molecule is NNc1nc2ccc(F)c(Cl)c2s1. The molecule has 0 amide bonds. The number of hydrazine groups is 1. The molecule has 1 aromatic heterocycles. The first-order valence-corrected chi connectivity index (χ1v) is 4.63. The van der Waals surface area contributed by atoms with Gasteiger partial charge in [-0.15, -0.1) is 0 Å². The van der Waals surface area contributed by atoms with Crippen LogP contribution in [-0.4, -0.2) is 4.98 Å². The molecular formula is C7H5ClFN3S. The summed E-state index contributed by atoms with van der Waals surface area (Å²) in [5.74, 6) is 4.72. The predicted octanol–water partition coefficient (Wildman–Crippen LogP) is 2.37. The van der Waals surface area contributed by atoms with Crippen LogP contribution >= 0.6 is 22.9 Å². The molecule has 2 aromatic rings. The van der Waals surface area contributed by atoms with E-state index >= 15 is 0 Å². The highest BCUT2D eigenvalue weighted by Crippen LogP contribution is 2.32. The highest BCUT2D eigenvalue weighted by molar-refractivity contribution is 7.22. The first-order chi connectivity index (χ1) is 6.22. The van der Waals surface area contributed by atoms with Crippen LogP contribution in [-0.2, 0) is 0 Å². The smallest absolute Gasteiger partial charge is 0.198 e. The van der Waals surface area contributed by atoms with E-state index in [1.165, 1.54) is 17.4 Å². The summed E-state index contributed by atoms with van der Waals surface area (Å²) in [5, 5.41) is 0.610. The monoisotopic (exact) mass is 217 g/mol. The van der Waals surface area contributed by atoms with Crippen LogP contribution in [0.1, 0.15) is 0 Å². The Balaban J connectivity index is 2.76. The maximum atomic E-state index is 13.0. The van der Waals surface area contributed by atoms with E-state index in [9.17, 15) is 4.39 Å². The molecule has 0 saturated carbocycles. The van der Waals surface area contributed by atoms with Gasteiger partial charge in [0.1, 0.15) is 5.82 Å². The van der Waals surface area contributed by atoms with Crippen molar-refractivity contribution in [2.24, 2.45) is 5.84 Å². The zero-order valence-electron chi connectivity index (χ0n) is 6.34. The van der Waals surface area contributed by atoms with Gasteiger partial charge in [-0.1, -0.05) is 22.9 Å². The molecular weight excluding hydrogens is 213 g/mol. The Hall–Kier alpha value is -0.910. The van der Waals surface area contributed by atoms with Gasteiger partial charge in [0.25, 0.3) is 0 Å². The minimum absolute atomic E-state index is 0.0940. The van der Waals surface area contributed by atoms with Gasteiger partial charge in [-0.25, -0.2) is 15.2 Å². The number of nitrogens with zero attached hydrogens (tertiary/aromatic N) is 1. The number of hydrogen-bond acceptors (Lipinski definition) is 4. The molecule has 3 nitrogen and oxygen atoms in total. The van der Waals surface area contributed by atoms with E-state index in [1.54, 1.807) is 6.07 Å². The molecule has 1 heterocycles. The van der Waals surface area contributed by atoms with Crippen molar-refractivity contribution in [1.29, 1.82) is 0 Å². The van der Waals surface area contributed by atoms with Crippen molar-refractivity contribution in [3.63, 3.8) is 0 Å². The fraction of sp³-hybridized carbons (Fsp3) is 0. The molecule has 0 fully saturated rings. The van der Waals surface area contributed by atoms with Crippen molar-refractivity contribution in [3.8, 4) is 0 Å². The number of halogens is 2. The number of nitrogens with one attached hydrogen (secondary N) is 1. The third-order valence-electron chi connectivity index (χ3n) is 1.57. The van der Waals surface area contributed by atoms with Crippen LogP contribution in [0.5, 0.6) is 0 Å². The van der Waals surface area contributed by atoms with Gasteiger partial charge in [0, 0.05) is 0 Å². The largest absolute Gasteiger partial charge is 0.300 e. The topological polar surface area (TPSA) is 50.9 Å². The molecule has 68 valence electrons. The van der Waals surface area contributed by atoms with Crippen molar-refractivity contribution in [2.75, 3.05) is 5.43 Å². The Morgan fingerprint density at radius 3 is 3.00 bits per heavy atom. The molecule has 13 heavy (non-hydrogen) atoms. The summed E-state index contributed by atoms with van der Waals surface area (Å²) in [6.07, 6.45) is 0. The van der Waals surface area contributed by atoms with Gasteiger partial charge in [0.15, 0.2) is 5.13 Å². The lowest BCUT2D eigenvalue weighted by molar-refractivity contribution is 0.630. The summed E-state index contributed by atoms with van der Waals surface area (Å²) in [4.78, 5) is 4.06. The van der Waals surface area contributed by atoms with Crippen LogP contribution < -0.4 is 11.3 Å². The average Bonchev–Trinajstić information content (AvgIpc) is 2.55. The van der Waals surface area contributed by atoms with E-state index < -0.39 is 5.82 Å². The molecule has 0 bridgehead atoms. The molecule has 0 aliphatic heterocycles. The van der Waals surface area contributed by atoms with Gasteiger partial charge in [-0.05, 0) is 12.1 Å². The van der Waals surface area contributed by atoms with Crippen LogP contribution in [0.3, 0.4) is 0 Å². The molecule has 0 aliphatic carbocycles. The van der Waals surface area contributed by atoms with Gasteiger partial charge < -0.3 is 0 Å². The third kappa shape index (κ3) is 1.35. The minimum atomic E-state index is -0.443. The average molecular weight is 218 g/mol. The number of benzene rings is 1. The number of rotatable bonds is 1. The van der Waals surface area contributed by atoms with Gasteiger partial charge in [-0.3, -0.25) is 5.43 Å². The number of hydrogen-bond donors (Lipinski definition) is 2. The van der Waals surface area contributed by atoms with E-state index in [-0.39, 0.29) is 5.02 Å². The van der Waals surface area contributed by atoms with Crippen molar-refractivity contribution in [1.82, 2.24) is 4.98 Å². The maximum absolute atomic E-state index is 13.0. The summed E-state index contributed by atoms with van der Waals surface area (Å²) < 4.78 is 13.6. The van der Waals surface area contributed by atoms with Crippen molar-refractivity contribution < 1.29 is 4.39 Å². The van der Waals surface area contributed by atoms with E-state index in [2.05, 4.69) is 10.4 Å².